The number of hydrogen-bond donors (Lipinski definition) is 1. The number of rotatable bonds is 5. The molecule has 122 valence electrons. The quantitative estimate of drug-likeness (QED) is 0.859. The van der Waals surface area contributed by atoms with E-state index in [-0.39, 0.29) is 36.0 Å². The fourth-order valence-corrected chi connectivity index (χ4v) is 4.15. The molecule has 0 aromatic heterocycles. The van der Waals surface area contributed by atoms with Crippen molar-refractivity contribution in [2.24, 2.45) is 0 Å². The van der Waals surface area contributed by atoms with Gasteiger partial charge in [-0.15, -0.1) is 0 Å². The highest BCUT2D eigenvalue weighted by Crippen LogP contribution is 2.29. The van der Waals surface area contributed by atoms with Gasteiger partial charge in [0.1, 0.15) is 10.6 Å². The van der Waals surface area contributed by atoms with E-state index in [4.69, 9.17) is 26.2 Å². The van der Waals surface area contributed by atoms with Crippen LogP contribution in [0.2, 0.25) is 5.02 Å². The molecule has 0 radical (unpaired) electrons. The fraction of sp³-hybridized carbons (Fsp3) is 0.462. The van der Waals surface area contributed by atoms with Crippen LogP contribution in [0.1, 0.15) is 6.42 Å². The van der Waals surface area contributed by atoms with Crippen LogP contribution in [0.4, 0.5) is 0 Å². The molecule has 1 atom stereocenters. The maximum atomic E-state index is 12.6. The number of benzene rings is 1. The van der Waals surface area contributed by atoms with Gasteiger partial charge in [-0.1, -0.05) is 11.6 Å². The highest BCUT2D eigenvalue weighted by molar-refractivity contribution is 7.89. The summed E-state index contributed by atoms with van der Waals surface area (Å²) in [7, 11) is -2.36. The van der Waals surface area contributed by atoms with Gasteiger partial charge in [0.25, 0.3) is 0 Å². The normalized spacial score (nSPS) is 19.8. The second-order valence-electron chi connectivity index (χ2n) is 4.75. The van der Waals surface area contributed by atoms with Gasteiger partial charge in [-0.3, -0.25) is 4.79 Å². The van der Waals surface area contributed by atoms with Gasteiger partial charge < -0.3 is 14.6 Å². The van der Waals surface area contributed by atoms with Crippen LogP contribution >= 0.6 is 11.6 Å². The summed E-state index contributed by atoms with van der Waals surface area (Å²) in [4.78, 5) is 10.7. The zero-order valence-corrected chi connectivity index (χ0v) is 13.4. The number of ether oxygens (including phenoxy) is 2. The molecule has 0 amide bonds. The molecule has 2 rings (SSSR count). The summed E-state index contributed by atoms with van der Waals surface area (Å²) >= 11 is 6.02. The highest BCUT2D eigenvalue weighted by atomic mass is 35.5. The largest absolute Gasteiger partial charge is 0.497 e. The maximum absolute atomic E-state index is 12.6. The number of carboxylic acids is 1. The Kier molecular flexibility index (Phi) is 5.28. The Bertz CT molecular complexity index is 662. The van der Waals surface area contributed by atoms with Gasteiger partial charge in [0.2, 0.25) is 10.0 Å². The summed E-state index contributed by atoms with van der Waals surface area (Å²) in [5, 5.41) is 8.85. The third-order valence-corrected chi connectivity index (χ3v) is 5.61. The van der Waals surface area contributed by atoms with E-state index in [1.807, 2.05) is 0 Å². The van der Waals surface area contributed by atoms with Crippen molar-refractivity contribution in [2.75, 3.05) is 26.8 Å². The predicted octanol–water partition coefficient (Wildman–Crippen LogP) is 1.21. The summed E-state index contributed by atoms with van der Waals surface area (Å²) in [6.45, 7) is 0.281. The number of nitrogens with zero attached hydrogens (tertiary/aromatic N) is 1. The van der Waals surface area contributed by atoms with Gasteiger partial charge in [0.15, 0.2) is 0 Å². The van der Waals surface area contributed by atoms with Crippen molar-refractivity contribution in [1.29, 1.82) is 0 Å². The minimum absolute atomic E-state index is 0.0169. The first kappa shape index (κ1) is 17.0. The van der Waals surface area contributed by atoms with Gasteiger partial charge in [0, 0.05) is 19.2 Å². The zero-order valence-electron chi connectivity index (χ0n) is 11.9. The molecule has 1 fully saturated rings. The molecule has 22 heavy (non-hydrogen) atoms. The lowest BCUT2D eigenvalue weighted by molar-refractivity contribution is -0.141. The molecule has 1 saturated heterocycles. The van der Waals surface area contributed by atoms with Crippen molar-refractivity contribution < 1.29 is 27.8 Å². The second kappa shape index (κ2) is 6.82. The van der Waals surface area contributed by atoms with Crippen LogP contribution in [-0.2, 0) is 19.6 Å². The number of sulfonamides is 1. The van der Waals surface area contributed by atoms with Crippen LogP contribution < -0.4 is 4.74 Å². The Morgan fingerprint density at radius 3 is 2.86 bits per heavy atom. The lowest BCUT2D eigenvalue weighted by Gasteiger charge is -2.31. The van der Waals surface area contributed by atoms with Crippen molar-refractivity contribution in [1.82, 2.24) is 4.31 Å². The van der Waals surface area contributed by atoms with Crippen LogP contribution in [0, 0.1) is 0 Å². The number of methoxy groups -OCH3 is 1. The predicted molar refractivity (Wildman–Crippen MR) is 78.8 cm³/mol. The van der Waals surface area contributed by atoms with E-state index in [0.29, 0.717) is 5.75 Å². The number of carbonyl (C=O) groups is 1. The summed E-state index contributed by atoms with van der Waals surface area (Å²) in [6.07, 6.45) is -0.916. The molecule has 1 aromatic rings. The minimum atomic E-state index is -3.81. The monoisotopic (exact) mass is 349 g/mol. The summed E-state index contributed by atoms with van der Waals surface area (Å²) in [6, 6.07) is 4.30. The standard InChI is InChI=1S/C13H16ClNO6S/c1-20-9-2-3-12(11(14)6-9)22(18,19)15-4-5-21-10(8-15)7-13(16)17/h2-3,6,10H,4-5,7-8H2,1H3,(H,16,17). The molecule has 9 heteroatoms. The van der Waals surface area contributed by atoms with Crippen LogP contribution in [-0.4, -0.2) is 56.7 Å². The Morgan fingerprint density at radius 1 is 1.55 bits per heavy atom. The van der Waals surface area contributed by atoms with Crippen LogP contribution in [0.3, 0.4) is 0 Å². The Balaban J connectivity index is 2.24. The van der Waals surface area contributed by atoms with E-state index in [2.05, 4.69) is 0 Å². The average molecular weight is 350 g/mol. The number of hydrogen-bond acceptors (Lipinski definition) is 5. The van der Waals surface area contributed by atoms with Crippen LogP contribution in [0.5, 0.6) is 5.75 Å². The minimum Gasteiger partial charge on any atom is -0.497 e. The fourth-order valence-electron chi connectivity index (χ4n) is 2.19. The smallest absolute Gasteiger partial charge is 0.306 e. The van der Waals surface area contributed by atoms with E-state index in [9.17, 15) is 13.2 Å². The van der Waals surface area contributed by atoms with Crippen molar-refractivity contribution in [3.63, 3.8) is 0 Å². The average Bonchev–Trinajstić information content (AvgIpc) is 2.46. The topological polar surface area (TPSA) is 93.1 Å². The van der Waals surface area contributed by atoms with Crippen molar-refractivity contribution >= 4 is 27.6 Å². The lowest BCUT2D eigenvalue weighted by Crippen LogP contribution is -2.46. The molecule has 7 nitrogen and oxygen atoms in total. The molecule has 1 aliphatic heterocycles. The molecule has 0 aliphatic carbocycles. The molecule has 1 aromatic carbocycles. The van der Waals surface area contributed by atoms with Crippen molar-refractivity contribution in [3.05, 3.63) is 23.2 Å². The van der Waals surface area contributed by atoms with Crippen molar-refractivity contribution in [3.8, 4) is 5.75 Å². The van der Waals surface area contributed by atoms with Crippen LogP contribution in [0.25, 0.3) is 0 Å². The molecule has 0 saturated carbocycles. The van der Waals surface area contributed by atoms with Crippen LogP contribution in [0.15, 0.2) is 23.1 Å². The lowest BCUT2D eigenvalue weighted by atomic mass is 10.2. The Morgan fingerprint density at radius 2 is 2.27 bits per heavy atom. The molecule has 0 spiro atoms. The zero-order chi connectivity index (χ0) is 16.3. The molecule has 1 unspecified atom stereocenters. The first-order valence-corrected chi connectivity index (χ1v) is 8.33. The summed E-state index contributed by atoms with van der Waals surface area (Å²) in [5.41, 5.74) is 0. The Hall–Kier alpha value is -1.35. The van der Waals surface area contributed by atoms with Gasteiger partial charge in [-0.05, 0) is 12.1 Å². The number of halogens is 1. The molecular weight excluding hydrogens is 334 g/mol. The van der Waals surface area contributed by atoms with E-state index in [1.54, 1.807) is 0 Å². The number of morpholine rings is 1. The first-order valence-electron chi connectivity index (χ1n) is 6.51. The van der Waals surface area contributed by atoms with Crippen molar-refractivity contribution in [2.45, 2.75) is 17.4 Å². The number of carboxylic acid groups (broad SMARTS) is 1. The van der Waals surface area contributed by atoms with E-state index in [0.717, 1.165) is 0 Å². The first-order chi connectivity index (χ1) is 10.3. The van der Waals surface area contributed by atoms with E-state index >= 15 is 0 Å². The third kappa shape index (κ3) is 3.70. The molecule has 1 N–H and O–H groups in total. The third-order valence-electron chi connectivity index (χ3n) is 3.26. The van der Waals surface area contributed by atoms with Gasteiger partial charge in [-0.2, -0.15) is 4.31 Å². The number of aliphatic carboxylic acids is 1. The van der Waals surface area contributed by atoms with Gasteiger partial charge in [0.05, 0.1) is 31.3 Å². The van der Waals surface area contributed by atoms with Gasteiger partial charge in [-0.25, -0.2) is 8.42 Å². The highest BCUT2D eigenvalue weighted by Gasteiger charge is 2.33. The molecule has 1 heterocycles. The SMILES string of the molecule is COc1ccc(S(=O)(=O)N2CCOC(CC(=O)O)C2)c(Cl)c1. The summed E-state index contributed by atoms with van der Waals surface area (Å²) < 4.78 is 36.7. The molecule has 0 bridgehead atoms. The van der Waals surface area contributed by atoms with E-state index in [1.165, 1.54) is 29.6 Å². The maximum Gasteiger partial charge on any atom is 0.306 e. The molecular formula is C13H16ClNO6S. The molecule has 1 aliphatic rings. The van der Waals surface area contributed by atoms with Gasteiger partial charge >= 0.3 is 5.97 Å². The summed E-state index contributed by atoms with van der Waals surface area (Å²) in [5.74, 6) is -0.582. The van der Waals surface area contributed by atoms with E-state index < -0.39 is 22.1 Å². The second-order valence-corrected chi connectivity index (χ2v) is 7.06. The Labute approximate surface area is 133 Å².